The van der Waals surface area contributed by atoms with E-state index in [1.807, 2.05) is 79.5 Å². The Labute approximate surface area is 214 Å². The molecule has 1 aliphatic carbocycles. The highest BCUT2D eigenvalue weighted by atomic mass is 16.6. The summed E-state index contributed by atoms with van der Waals surface area (Å²) in [5.74, 6) is 0.556. The number of pyridine rings is 2. The van der Waals surface area contributed by atoms with E-state index in [9.17, 15) is 4.79 Å². The first-order valence-electron chi connectivity index (χ1n) is 13.8. The number of amides is 1. The Bertz CT molecular complexity index is 833. The molecule has 1 fully saturated rings. The number of hydrogen-bond acceptors (Lipinski definition) is 5. The number of nitrogens with zero attached hydrogens (tertiary/aromatic N) is 3. The van der Waals surface area contributed by atoms with Crippen LogP contribution >= 0.6 is 0 Å². The van der Waals surface area contributed by atoms with Gasteiger partial charge in [-0.2, -0.15) is 0 Å². The molecule has 1 atom stereocenters. The summed E-state index contributed by atoms with van der Waals surface area (Å²) in [5, 5.41) is 0. The van der Waals surface area contributed by atoms with E-state index in [0.717, 1.165) is 37.1 Å². The second kappa shape index (κ2) is 18.7. The lowest BCUT2D eigenvalue weighted by Gasteiger charge is -2.35. The van der Waals surface area contributed by atoms with Crippen LogP contribution in [0, 0.1) is 5.92 Å². The lowest BCUT2D eigenvalue weighted by atomic mass is 9.78. The molecule has 0 saturated carbocycles. The van der Waals surface area contributed by atoms with Crippen molar-refractivity contribution in [3.05, 3.63) is 53.1 Å². The van der Waals surface area contributed by atoms with Gasteiger partial charge in [-0.15, -0.1) is 0 Å². The second-order valence-corrected chi connectivity index (χ2v) is 7.36. The molecule has 3 heterocycles. The molecule has 4 rings (SSSR count). The van der Waals surface area contributed by atoms with Gasteiger partial charge in [-0.3, -0.25) is 9.97 Å². The predicted octanol–water partition coefficient (Wildman–Crippen LogP) is 7.26. The Kier molecular flexibility index (Phi) is 17.3. The molecule has 0 spiro atoms. The first kappa shape index (κ1) is 32.4. The van der Waals surface area contributed by atoms with Gasteiger partial charge in [0.1, 0.15) is 0 Å². The van der Waals surface area contributed by atoms with Crippen molar-refractivity contribution < 1.29 is 9.53 Å². The maximum Gasteiger partial charge on any atom is 0.409 e. The standard InChI is InChI=1S/C21H26N4O2.4C2H6/c1-2-27-21(26)25-10-7-14(8-11-25)18-19-15(4-3-9-23-19)5-6-16-12-17(22)13-24-20(16)18;4*1-2/h3-4,9,12-14,18H,2,5-8,10-11,22H2,1H3;4*1-2H3. The third-order valence-corrected chi connectivity index (χ3v) is 5.74. The maximum atomic E-state index is 12.0. The molecule has 2 aromatic heterocycles. The number of aromatic nitrogens is 2. The molecule has 198 valence electrons. The Morgan fingerprint density at radius 1 is 0.971 bits per heavy atom. The van der Waals surface area contributed by atoms with Gasteiger partial charge in [0.25, 0.3) is 0 Å². The van der Waals surface area contributed by atoms with Gasteiger partial charge in [0.05, 0.1) is 29.9 Å². The summed E-state index contributed by atoms with van der Waals surface area (Å²) in [6.45, 7) is 19.7. The molecule has 2 aromatic rings. The zero-order valence-electron chi connectivity index (χ0n) is 23.7. The summed E-state index contributed by atoms with van der Waals surface area (Å²) in [6, 6.07) is 6.25. The highest BCUT2D eigenvalue weighted by Crippen LogP contribution is 2.41. The van der Waals surface area contributed by atoms with Crippen LogP contribution in [0.25, 0.3) is 0 Å². The van der Waals surface area contributed by atoms with E-state index in [-0.39, 0.29) is 12.0 Å². The Balaban J connectivity index is 0.00000132. The third-order valence-electron chi connectivity index (χ3n) is 5.74. The fourth-order valence-electron chi connectivity index (χ4n) is 4.44. The SMILES string of the molecule is CC.CC.CC.CC.CCOC(=O)N1CCC(C2c3ncccc3CCc3cc(N)cnc32)CC1. The van der Waals surface area contributed by atoms with Crippen LogP contribution in [0.5, 0.6) is 0 Å². The van der Waals surface area contributed by atoms with Crippen molar-refractivity contribution >= 4 is 11.8 Å². The van der Waals surface area contributed by atoms with Crippen LogP contribution in [0.2, 0.25) is 0 Å². The molecule has 1 amide bonds. The molecule has 2 aliphatic rings. The van der Waals surface area contributed by atoms with Gasteiger partial charge >= 0.3 is 6.09 Å². The number of aryl methyl sites for hydroxylation is 2. The zero-order chi connectivity index (χ0) is 26.8. The molecule has 1 unspecified atom stereocenters. The van der Waals surface area contributed by atoms with Crippen molar-refractivity contribution in [3.63, 3.8) is 0 Å². The lowest BCUT2D eigenvalue weighted by Crippen LogP contribution is -2.40. The fraction of sp³-hybridized carbons (Fsp3) is 0.621. The van der Waals surface area contributed by atoms with Crippen molar-refractivity contribution in [1.82, 2.24) is 14.9 Å². The molecular weight excluding hydrogens is 436 g/mol. The summed E-state index contributed by atoms with van der Waals surface area (Å²) >= 11 is 0. The van der Waals surface area contributed by atoms with Crippen LogP contribution in [0.3, 0.4) is 0 Å². The van der Waals surface area contributed by atoms with Crippen LogP contribution in [-0.2, 0) is 17.6 Å². The molecule has 0 aromatic carbocycles. The minimum atomic E-state index is -0.207. The quantitative estimate of drug-likeness (QED) is 0.483. The number of carbonyl (C=O) groups excluding carboxylic acids is 1. The summed E-state index contributed by atoms with van der Waals surface area (Å²) < 4.78 is 5.16. The maximum absolute atomic E-state index is 12.0. The van der Waals surface area contributed by atoms with Crippen molar-refractivity contribution in [2.24, 2.45) is 5.92 Å². The van der Waals surface area contributed by atoms with Crippen molar-refractivity contribution in [2.75, 3.05) is 25.4 Å². The van der Waals surface area contributed by atoms with Crippen LogP contribution in [0.4, 0.5) is 10.5 Å². The van der Waals surface area contributed by atoms with Crippen LogP contribution in [-0.4, -0.2) is 40.7 Å². The number of carbonyl (C=O) groups is 1. The van der Waals surface area contributed by atoms with Crippen molar-refractivity contribution in [2.45, 2.75) is 93.9 Å². The topological polar surface area (TPSA) is 81.3 Å². The van der Waals surface area contributed by atoms with E-state index in [2.05, 4.69) is 12.1 Å². The smallest absolute Gasteiger partial charge is 0.409 e. The van der Waals surface area contributed by atoms with Crippen LogP contribution in [0.15, 0.2) is 30.6 Å². The number of hydrogen-bond donors (Lipinski definition) is 1. The van der Waals surface area contributed by atoms with Gasteiger partial charge in [-0.05, 0) is 61.8 Å². The molecule has 1 saturated heterocycles. The number of nitrogen functional groups attached to an aromatic ring is 1. The van der Waals surface area contributed by atoms with Gasteiger partial charge in [-0.25, -0.2) is 4.79 Å². The van der Waals surface area contributed by atoms with Crippen molar-refractivity contribution in [1.29, 1.82) is 0 Å². The summed E-state index contributed by atoms with van der Waals surface area (Å²) in [4.78, 5) is 23.4. The number of fused-ring (bicyclic) bond motifs is 2. The first-order chi connectivity index (χ1) is 17.2. The highest BCUT2D eigenvalue weighted by molar-refractivity contribution is 5.67. The highest BCUT2D eigenvalue weighted by Gasteiger charge is 2.35. The predicted molar refractivity (Wildman–Crippen MR) is 149 cm³/mol. The summed E-state index contributed by atoms with van der Waals surface area (Å²) in [6.07, 6.45) is 7.16. The Hall–Kier alpha value is -2.63. The lowest BCUT2D eigenvalue weighted by molar-refractivity contribution is 0.0898. The Morgan fingerprint density at radius 2 is 1.54 bits per heavy atom. The normalized spacial score (nSPS) is 15.9. The van der Waals surface area contributed by atoms with Gasteiger partial charge in [0, 0.05) is 25.2 Å². The zero-order valence-corrected chi connectivity index (χ0v) is 23.7. The third kappa shape index (κ3) is 8.83. The number of likely N-dealkylation sites (tertiary alicyclic amines) is 1. The number of ether oxygens (including phenoxy) is 1. The van der Waals surface area contributed by atoms with Gasteiger partial charge in [0.2, 0.25) is 0 Å². The monoisotopic (exact) mass is 486 g/mol. The molecule has 2 N–H and O–H groups in total. The molecule has 0 radical (unpaired) electrons. The van der Waals surface area contributed by atoms with Gasteiger partial charge < -0.3 is 15.4 Å². The van der Waals surface area contributed by atoms with Crippen molar-refractivity contribution in [3.8, 4) is 0 Å². The van der Waals surface area contributed by atoms with E-state index in [0.29, 0.717) is 31.3 Å². The van der Waals surface area contributed by atoms with E-state index in [1.165, 1.54) is 11.1 Å². The molecule has 1 aliphatic heterocycles. The first-order valence-corrected chi connectivity index (χ1v) is 13.8. The van der Waals surface area contributed by atoms with E-state index >= 15 is 0 Å². The molecule has 35 heavy (non-hydrogen) atoms. The number of anilines is 1. The summed E-state index contributed by atoms with van der Waals surface area (Å²) in [5.41, 5.74) is 11.5. The van der Waals surface area contributed by atoms with Gasteiger partial charge in [0.15, 0.2) is 0 Å². The fourth-order valence-corrected chi connectivity index (χ4v) is 4.44. The van der Waals surface area contributed by atoms with Crippen LogP contribution < -0.4 is 5.73 Å². The summed E-state index contributed by atoms with van der Waals surface area (Å²) in [7, 11) is 0. The number of nitrogens with two attached hydrogens (primary N) is 1. The Morgan fingerprint density at radius 3 is 2.14 bits per heavy atom. The minimum Gasteiger partial charge on any atom is -0.450 e. The average molecular weight is 487 g/mol. The molecule has 0 bridgehead atoms. The minimum absolute atomic E-state index is 0.156. The largest absolute Gasteiger partial charge is 0.450 e. The van der Waals surface area contributed by atoms with E-state index in [4.69, 9.17) is 20.4 Å². The molecular formula is C29H50N4O2. The van der Waals surface area contributed by atoms with E-state index < -0.39 is 0 Å². The number of piperidine rings is 1. The van der Waals surface area contributed by atoms with Crippen LogP contribution in [0.1, 0.15) is 104 Å². The molecule has 6 heteroatoms. The number of rotatable bonds is 2. The average Bonchev–Trinajstić information content (AvgIpc) is 3.10. The second-order valence-electron chi connectivity index (χ2n) is 7.36. The van der Waals surface area contributed by atoms with Gasteiger partial charge in [-0.1, -0.05) is 61.5 Å². The molecule has 6 nitrogen and oxygen atoms in total. The van der Waals surface area contributed by atoms with E-state index in [1.54, 1.807) is 6.20 Å².